The Balaban J connectivity index is 0.00000982. The molecule has 4 aromatic heterocycles. The molecule has 9 aromatic carbocycles. The van der Waals surface area contributed by atoms with Crippen LogP contribution in [-0.4, -0.2) is 19.1 Å². The zero-order valence-electron chi connectivity index (χ0n) is 65.0. The molecule has 0 spiro atoms. The number of imidazole rings is 1. The minimum atomic E-state index is -0.586. The van der Waals surface area contributed by atoms with Gasteiger partial charge < -0.3 is 9.30 Å². The van der Waals surface area contributed by atoms with Crippen LogP contribution in [0.3, 0.4) is 0 Å². The van der Waals surface area contributed by atoms with Gasteiger partial charge in [-0.05, 0) is 158 Å². The minimum absolute atomic E-state index is 0. The summed E-state index contributed by atoms with van der Waals surface area (Å²) in [6.45, 7) is 34.0. The third-order valence-corrected chi connectivity index (χ3v) is 17.2. The number of pyridine rings is 2. The molecule has 7 heteroatoms. The number of ether oxygens (including phenoxy) is 1. The van der Waals surface area contributed by atoms with E-state index in [-0.39, 0.29) is 87.6 Å². The van der Waals surface area contributed by atoms with Crippen LogP contribution in [-0.2, 0) is 48.1 Å². The van der Waals surface area contributed by atoms with Crippen LogP contribution in [0.4, 0.5) is 0 Å². The number of benzene rings is 9. The largest absolute Gasteiger partial charge is 0.522 e. The summed E-state index contributed by atoms with van der Waals surface area (Å²) in [7, 11) is 0. The van der Waals surface area contributed by atoms with Gasteiger partial charge >= 0.3 is 0 Å². The van der Waals surface area contributed by atoms with Crippen molar-refractivity contribution in [3.8, 4) is 84.5 Å². The molecule has 13 rings (SSSR count). The Labute approximate surface area is 573 Å². The number of aromatic nitrogens is 5. The zero-order valence-corrected chi connectivity index (χ0v) is 57.2. The number of rotatable bonds is 10. The average Bonchev–Trinajstić information content (AvgIpc) is 1.38. The van der Waals surface area contributed by atoms with Crippen molar-refractivity contribution in [3.63, 3.8) is 0 Å². The molecular formula is C85H81N5OPt-2. The fourth-order valence-corrected chi connectivity index (χ4v) is 11.8. The molecule has 0 saturated carbocycles. The van der Waals surface area contributed by atoms with E-state index in [1.807, 2.05) is 24.4 Å². The molecule has 4 heterocycles. The molecule has 0 N–H and O–H groups in total. The van der Waals surface area contributed by atoms with Crippen molar-refractivity contribution in [1.82, 2.24) is 19.1 Å². The van der Waals surface area contributed by atoms with Gasteiger partial charge in [-0.15, -0.1) is 17.5 Å². The first-order valence-corrected chi connectivity index (χ1v) is 31.1. The molecular weight excluding hydrogens is 1300 g/mol. The van der Waals surface area contributed by atoms with Gasteiger partial charge in [0.15, 0.2) is 0 Å². The Hall–Kier alpha value is -8.96. The van der Waals surface area contributed by atoms with E-state index >= 15 is 0 Å². The van der Waals surface area contributed by atoms with E-state index in [2.05, 4.69) is 218 Å². The molecule has 0 radical (unpaired) electrons. The fourth-order valence-electron chi connectivity index (χ4n) is 11.8. The maximum absolute atomic E-state index is 9.15. The van der Waals surface area contributed by atoms with Gasteiger partial charge in [0.05, 0.1) is 36.2 Å². The number of nitrogens with zero attached hydrogens (tertiary/aromatic N) is 5. The van der Waals surface area contributed by atoms with E-state index in [0.717, 1.165) is 49.6 Å². The van der Waals surface area contributed by atoms with Gasteiger partial charge in [-0.1, -0.05) is 267 Å². The maximum atomic E-state index is 9.15. The van der Waals surface area contributed by atoms with Crippen LogP contribution < -0.4 is 9.30 Å². The number of para-hydroxylation sites is 3. The van der Waals surface area contributed by atoms with E-state index in [1.165, 1.54) is 33.4 Å². The summed E-state index contributed by atoms with van der Waals surface area (Å²) in [6.07, 6.45) is 6.85. The Kier molecular flexibility index (Phi) is 13.4. The third-order valence-electron chi connectivity index (χ3n) is 17.2. The summed E-state index contributed by atoms with van der Waals surface area (Å²) >= 11 is 0. The predicted molar refractivity (Wildman–Crippen MR) is 378 cm³/mol. The molecule has 13 aromatic rings. The second kappa shape index (κ2) is 23.9. The Bertz CT molecular complexity index is 5260. The van der Waals surface area contributed by atoms with Crippen molar-refractivity contribution in [2.24, 2.45) is 0 Å². The van der Waals surface area contributed by atoms with Crippen molar-refractivity contribution in [3.05, 3.63) is 265 Å². The summed E-state index contributed by atoms with van der Waals surface area (Å²) in [4.78, 5) is 9.83. The quantitative estimate of drug-likeness (QED) is 0.101. The van der Waals surface area contributed by atoms with E-state index in [4.69, 9.17) is 28.4 Å². The Morgan fingerprint density at radius 1 is 0.413 bits per heavy atom. The van der Waals surface area contributed by atoms with E-state index in [0.29, 0.717) is 22.6 Å². The van der Waals surface area contributed by atoms with Crippen molar-refractivity contribution in [2.45, 2.75) is 131 Å². The molecule has 0 aliphatic carbocycles. The SMILES string of the molecule is [2H]c1c([2H])c([2H])c(-c2cccc(-c3c([2H])c([2H])c([2H])c([2H])c3[2H])c2-[n+]2[c-]n(-c3[c-]c(Oc4[c-]c5c(cc4)c4cc(-c6cc(-c7cc(C(C)(C)C)cc(C(C)(C)C)c7)cc(-c7cc(C(C)(C)C)cc(C(C)(C)C)c7)c6)ccc4n5-c4cc(C(C)(C)C)ccn4)ccn3)c3ccccc32)c([2H])c1[2H].[Pt]. The number of hydrogen-bond donors (Lipinski definition) is 0. The molecule has 0 fully saturated rings. The standard InChI is InChI=1S/C85H81N5O.Pt/c1-81(2,3)63-37-39-87-79(51-63)90-74-36-33-57(58-41-59(61-44-64(82(4,5)6)49-65(45-61)83(7,8)9)43-60(42-58)62-46-66(84(10,11)12)50-67(47-62)85(13,14)15)48-73(74)72-35-34-68(52-77(72)90)91-69-38-40-86-78(53-69)88-54-89(76-32-23-22-31-75(76)88)80-70(55-25-18-16-19-26-55)29-24-30-71(80)56-27-20-17-21-28-56;/h16-51H,1-15H3;/q-2;/i16D,17D,18D,19D,20D,21D,25D,26D,27D,28D;. The van der Waals surface area contributed by atoms with Crippen LogP contribution in [0, 0.1) is 18.5 Å². The van der Waals surface area contributed by atoms with Gasteiger partial charge in [0.25, 0.3) is 6.33 Å². The van der Waals surface area contributed by atoms with Crippen LogP contribution in [0.2, 0.25) is 0 Å². The van der Waals surface area contributed by atoms with Crippen LogP contribution in [0.15, 0.2) is 218 Å². The number of hydrogen-bond acceptors (Lipinski definition) is 3. The normalized spacial score (nSPS) is 13.9. The second-order valence-electron chi connectivity index (χ2n) is 29.0. The predicted octanol–water partition coefficient (Wildman–Crippen LogP) is 21.8. The summed E-state index contributed by atoms with van der Waals surface area (Å²) in [6, 6.07) is 51.5. The first kappa shape index (κ1) is 51.6. The van der Waals surface area contributed by atoms with Crippen molar-refractivity contribution in [2.75, 3.05) is 0 Å². The van der Waals surface area contributed by atoms with Crippen LogP contribution in [0.5, 0.6) is 11.5 Å². The third kappa shape index (κ3) is 12.5. The average molecular weight is 1390 g/mol. The van der Waals surface area contributed by atoms with Gasteiger partial charge in [-0.2, -0.15) is 18.2 Å². The van der Waals surface area contributed by atoms with Crippen LogP contribution in [0.1, 0.15) is 145 Å². The maximum Gasteiger partial charge on any atom is 0.269 e. The van der Waals surface area contributed by atoms with Gasteiger partial charge in [0.1, 0.15) is 5.82 Å². The summed E-state index contributed by atoms with van der Waals surface area (Å²) < 4.78 is 100. The van der Waals surface area contributed by atoms with Crippen molar-refractivity contribution < 1.29 is 44.1 Å². The van der Waals surface area contributed by atoms with Crippen LogP contribution >= 0.6 is 0 Å². The topological polar surface area (TPSA) is 48.8 Å². The second-order valence-corrected chi connectivity index (χ2v) is 29.0. The molecule has 92 heavy (non-hydrogen) atoms. The van der Waals surface area contributed by atoms with E-state index in [9.17, 15) is 0 Å². The minimum Gasteiger partial charge on any atom is -0.522 e. The monoisotopic (exact) mass is 1390 g/mol. The van der Waals surface area contributed by atoms with Crippen molar-refractivity contribution >= 4 is 32.8 Å². The van der Waals surface area contributed by atoms with Gasteiger partial charge in [-0.3, -0.25) is 14.1 Å². The molecule has 0 amide bonds. The molecule has 6 nitrogen and oxygen atoms in total. The molecule has 0 unspecified atom stereocenters. The zero-order chi connectivity index (χ0) is 72.6. The van der Waals surface area contributed by atoms with Crippen LogP contribution in [0.25, 0.3) is 106 Å². The van der Waals surface area contributed by atoms with E-state index < -0.39 is 60.4 Å². The fraction of sp³-hybridized carbons (Fsp3) is 0.235. The first-order valence-electron chi connectivity index (χ1n) is 36.1. The smallest absolute Gasteiger partial charge is 0.269 e. The van der Waals surface area contributed by atoms with Gasteiger partial charge in [-0.25, -0.2) is 4.98 Å². The summed E-state index contributed by atoms with van der Waals surface area (Å²) in [5.41, 5.74) is 15.1. The number of fused-ring (bicyclic) bond motifs is 4. The molecule has 464 valence electrons. The molecule has 0 bridgehead atoms. The molecule has 0 atom stereocenters. The van der Waals surface area contributed by atoms with Gasteiger partial charge in [0.2, 0.25) is 0 Å². The molecule has 0 saturated heterocycles. The Morgan fingerprint density at radius 3 is 1.46 bits per heavy atom. The Morgan fingerprint density at radius 2 is 0.913 bits per heavy atom. The molecule has 0 aliphatic heterocycles. The first-order chi connectivity index (χ1) is 47.4. The van der Waals surface area contributed by atoms with E-state index in [1.54, 1.807) is 51.7 Å². The van der Waals surface area contributed by atoms with Crippen molar-refractivity contribution in [1.29, 1.82) is 0 Å². The summed E-state index contributed by atoms with van der Waals surface area (Å²) in [5, 5.41) is 1.92. The summed E-state index contributed by atoms with van der Waals surface area (Å²) in [5.74, 6) is 1.61. The van der Waals surface area contributed by atoms with Gasteiger partial charge in [0, 0.05) is 38.5 Å². The molecule has 0 aliphatic rings.